The lowest BCUT2D eigenvalue weighted by Crippen LogP contribution is -2.29. The highest BCUT2D eigenvalue weighted by molar-refractivity contribution is 5.72. The molecule has 3 aromatic carbocycles. The van der Waals surface area contributed by atoms with Gasteiger partial charge in [-0.05, 0) is 85.7 Å². The van der Waals surface area contributed by atoms with Crippen LogP contribution >= 0.6 is 0 Å². The molecule has 1 aliphatic heterocycles. The Kier molecular flexibility index (Phi) is 9.15. The van der Waals surface area contributed by atoms with Gasteiger partial charge in [0, 0.05) is 17.5 Å². The summed E-state index contributed by atoms with van der Waals surface area (Å²) in [5, 5.41) is 17.4. The summed E-state index contributed by atoms with van der Waals surface area (Å²) >= 11 is 0. The number of carbonyl (C=O) groups excluding carboxylic acids is 1. The van der Waals surface area contributed by atoms with Crippen LogP contribution in [-0.2, 0) is 16.1 Å². The average molecular weight is 536 g/mol. The van der Waals surface area contributed by atoms with Gasteiger partial charge in [0.1, 0.15) is 29.5 Å². The summed E-state index contributed by atoms with van der Waals surface area (Å²) in [6.45, 7) is 7.23. The topological polar surface area (TPSA) is 97.1 Å². The van der Waals surface area contributed by atoms with Crippen molar-refractivity contribution in [3.05, 3.63) is 76.9 Å². The number of esters is 1. The van der Waals surface area contributed by atoms with Gasteiger partial charge in [0.05, 0.1) is 26.7 Å². The Hall–Kier alpha value is -3.55. The van der Waals surface area contributed by atoms with Crippen LogP contribution in [-0.4, -0.2) is 48.7 Å². The van der Waals surface area contributed by atoms with E-state index in [1.165, 1.54) is 12.7 Å². The number of aliphatic hydroxyl groups is 1. The number of carbonyl (C=O) groups is 1. The predicted molar refractivity (Wildman–Crippen MR) is 151 cm³/mol. The molecule has 0 saturated heterocycles. The molecular weight excluding hydrogens is 496 g/mol. The Morgan fingerprint density at radius 2 is 1.85 bits per heavy atom. The van der Waals surface area contributed by atoms with Crippen molar-refractivity contribution in [3.8, 4) is 28.4 Å². The molecule has 39 heavy (non-hydrogen) atoms. The molecule has 7 heteroatoms. The highest BCUT2D eigenvalue weighted by atomic mass is 16.5. The Morgan fingerprint density at radius 1 is 1.08 bits per heavy atom. The molecule has 1 heterocycles. The summed E-state index contributed by atoms with van der Waals surface area (Å²) in [4.78, 5) is 11.7. The first-order valence-electron chi connectivity index (χ1n) is 13.4. The Morgan fingerprint density at radius 3 is 2.56 bits per heavy atom. The first-order chi connectivity index (χ1) is 18.7. The van der Waals surface area contributed by atoms with Gasteiger partial charge in [-0.1, -0.05) is 24.3 Å². The van der Waals surface area contributed by atoms with Gasteiger partial charge in [-0.2, -0.15) is 0 Å². The zero-order valence-corrected chi connectivity index (χ0v) is 23.2. The minimum absolute atomic E-state index is 0.00603. The van der Waals surface area contributed by atoms with Gasteiger partial charge < -0.3 is 29.2 Å². The maximum Gasteiger partial charge on any atom is 0.306 e. The molecule has 0 fully saturated rings. The average Bonchev–Trinajstić information content (AvgIpc) is 3.31. The van der Waals surface area contributed by atoms with Crippen molar-refractivity contribution < 1.29 is 34.0 Å². The largest absolute Gasteiger partial charge is 0.494 e. The minimum atomic E-state index is -0.961. The second kappa shape index (κ2) is 12.5. The number of methoxy groups -OCH3 is 1. The monoisotopic (exact) mass is 535 g/mol. The van der Waals surface area contributed by atoms with E-state index in [9.17, 15) is 9.90 Å². The molecule has 7 nitrogen and oxygen atoms in total. The van der Waals surface area contributed by atoms with Gasteiger partial charge in [-0.15, -0.1) is 0 Å². The molecule has 1 aliphatic rings. The fraction of sp³-hybridized carbons (Fsp3) is 0.406. The number of rotatable bonds is 12. The van der Waals surface area contributed by atoms with Crippen molar-refractivity contribution in [1.82, 2.24) is 0 Å². The maximum absolute atomic E-state index is 11.7. The second-order valence-corrected chi connectivity index (χ2v) is 10.5. The molecule has 3 aromatic rings. The number of fused-ring (bicyclic) bond motifs is 1. The molecule has 1 unspecified atom stereocenters. The van der Waals surface area contributed by atoms with Crippen LogP contribution in [0.1, 0.15) is 54.4 Å². The third kappa shape index (κ3) is 7.31. The van der Waals surface area contributed by atoms with Crippen molar-refractivity contribution >= 4 is 5.97 Å². The number of hydrogen-bond donors (Lipinski definition) is 1. The quantitative estimate of drug-likeness (QED) is 0.194. The SMILES string of the molecule is COC(=O)C[C@@H]1COc2cc(OCc3cccc(-c4c(C)cc(OCCCC(C)(O)C[OH2+])cc4C)c3)ccc21. The third-order valence-corrected chi connectivity index (χ3v) is 7.14. The summed E-state index contributed by atoms with van der Waals surface area (Å²) in [6, 6.07) is 18.2. The molecule has 0 amide bonds. The molecule has 4 rings (SSSR count). The van der Waals surface area contributed by atoms with E-state index in [0.29, 0.717) is 39.1 Å². The van der Waals surface area contributed by atoms with Crippen LogP contribution in [0.3, 0.4) is 0 Å². The number of hydrogen-bond acceptors (Lipinski definition) is 6. The molecule has 208 valence electrons. The van der Waals surface area contributed by atoms with Crippen molar-refractivity contribution in [2.24, 2.45) is 0 Å². The van der Waals surface area contributed by atoms with E-state index in [1.54, 1.807) is 6.92 Å². The zero-order valence-electron chi connectivity index (χ0n) is 23.2. The number of benzene rings is 3. The van der Waals surface area contributed by atoms with E-state index in [1.807, 2.05) is 42.5 Å². The molecular formula is C32H39O7+. The van der Waals surface area contributed by atoms with Crippen LogP contribution in [0, 0.1) is 13.8 Å². The van der Waals surface area contributed by atoms with Crippen molar-refractivity contribution in [1.29, 1.82) is 0 Å². The van der Waals surface area contributed by atoms with Gasteiger partial charge in [0.15, 0.2) is 6.61 Å². The molecule has 3 N–H and O–H groups in total. The first-order valence-corrected chi connectivity index (χ1v) is 13.4. The van der Waals surface area contributed by atoms with Gasteiger partial charge in [0.2, 0.25) is 0 Å². The molecule has 2 atom stereocenters. The number of aryl methyl sites for hydroxylation is 2. The molecule has 0 aliphatic carbocycles. The van der Waals surface area contributed by atoms with Gasteiger partial charge in [0.25, 0.3) is 0 Å². The fourth-order valence-electron chi connectivity index (χ4n) is 4.98. The van der Waals surface area contributed by atoms with Gasteiger partial charge in [-0.25, -0.2) is 0 Å². The highest BCUT2D eigenvalue weighted by Gasteiger charge is 2.27. The normalized spacial score (nSPS) is 15.7. The molecule has 0 radical (unpaired) electrons. The summed E-state index contributed by atoms with van der Waals surface area (Å²) in [7, 11) is 1.40. The summed E-state index contributed by atoms with van der Waals surface area (Å²) < 4.78 is 22.6. The van der Waals surface area contributed by atoms with Crippen molar-refractivity contribution in [2.45, 2.75) is 58.2 Å². The predicted octanol–water partition coefficient (Wildman–Crippen LogP) is 5.22. The lowest BCUT2D eigenvalue weighted by Gasteiger charge is -2.18. The van der Waals surface area contributed by atoms with E-state index in [0.717, 1.165) is 45.1 Å². The van der Waals surface area contributed by atoms with Gasteiger partial charge in [-0.3, -0.25) is 4.79 Å². The molecule has 0 bridgehead atoms. The first kappa shape index (κ1) is 28.5. The van der Waals surface area contributed by atoms with Crippen LogP contribution in [0.15, 0.2) is 54.6 Å². The van der Waals surface area contributed by atoms with Crippen LogP contribution < -0.4 is 14.2 Å². The molecule has 0 saturated carbocycles. The van der Waals surface area contributed by atoms with Crippen LogP contribution in [0.4, 0.5) is 0 Å². The maximum atomic E-state index is 11.7. The highest BCUT2D eigenvalue weighted by Crippen LogP contribution is 2.39. The smallest absolute Gasteiger partial charge is 0.306 e. The Bertz CT molecular complexity index is 1270. The van der Waals surface area contributed by atoms with Crippen LogP contribution in [0.25, 0.3) is 11.1 Å². The van der Waals surface area contributed by atoms with Gasteiger partial charge >= 0.3 is 5.97 Å². The molecule has 0 spiro atoms. The minimum Gasteiger partial charge on any atom is -0.494 e. The van der Waals surface area contributed by atoms with E-state index in [4.69, 9.17) is 24.1 Å². The Balaban J connectivity index is 1.39. The lowest BCUT2D eigenvalue weighted by atomic mass is 9.94. The Labute approximate surface area is 230 Å². The number of ether oxygens (including phenoxy) is 4. The fourth-order valence-corrected chi connectivity index (χ4v) is 4.98. The standard InChI is InChI=1S/C32H38O7/c1-21-13-27(37-12-6-11-32(3,35)20-33)14-22(2)31(21)24-8-5-7-23(15-24)18-38-26-9-10-28-25(16-30(34)36-4)19-39-29(28)17-26/h5,7-10,13-15,17,25,33,35H,6,11-12,16,18-20H2,1-4H3/p+1/t25-,32?/m1/s1. The van der Waals surface area contributed by atoms with E-state index in [2.05, 4.69) is 26.0 Å². The summed E-state index contributed by atoms with van der Waals surface area (Å²) in [5.74, 6) is 2.05. The zero-order chi connectivity index (χ0) is 28.0. The summed E-state index contributed by atoms with van der Waals surface area (Å²) in [6.07, 6.45) is 1.53. The molecule has 0 aromatic heterocycles. The van der Waals surface area contributed by atoms with Crippen LogP contribution in [0.5, 0.6) is 17.2 Å². The summed E-state index contributed by atoms with van der Waals surface area (Å²) in [5.41, 5.74) is 5.63. The lowest BCUT2D eigenvalue weighted by molar-refractivity contribution is -0.141. The third-order valence-electron chi connectivity index (χ3n) is 7.14. The van der Waals surface area contributed by atoms with E-state index < -0.39 is 5.60 Å². The van der Waals surface area contributed by atoms with Crippen molar-refractivity contribution in [2.75, 3.05) is 26.9 Å². The van der Waals surface area contributed by atoms with E-state index in [-0.39, 0.29) is 18.5 Å². The van der Waals surface area contributed by atoms with E-state index >= 15 is 0 Å². The van der Waals surface area contributed by atoms with Crippen LogP contribution in [0.2, 0.25) is 0 Å². The van der Waals surface area contributed by atoms with Crippen molar-refractivity contribution in [3.63, 3.8) is 0 Å². The second-order valence-electron chi connectivity index (χ2n) is 10.5.